The van der Waals surface area contributed by atoms with E-state index in [1.165, 1.54) is 13.0 Å². The molecule has 0 radical (unpaired) electrons. The van der Waals surface area contributed by atoms with Gasteiger partial charge in [0.05, 0.1) is 10.0 Å². The summed E-state index contributed by atoms with van der Waals surface area (Å²) in [6, 6.07) is 9.91. The van der Waals surface area contributed by atoms with Gasteiger partial charge in [-0.2, -0.15) is 0 Å². The molecule has 2 nitrogen and oxygen atoms in total. The lowest BCUT2D eigenvalue weighted by Crippen LogP contribution is -2.02. The van der Waals surface area contributed by atoms with Crippen molar-refractivity contribution in [2.45, 2.75) is 13.5 Å². The van der Waals surface area contributed by atoms with E-state index in [4.69, 9.17) is 4.74 Å². The molecule has 0 aromatic heterocycles. The van der Waals surface area contributed by atoms with Crippen LogP contribution in [0.5, 0.6) is 5.75 Å². The third kappa shape index (κ3) is 3.67. The van der Waals surface area contributed by atoms with Crippen LogP contribution in [0.3, 0.4) is 0 Å². The molecule has 0 N–H and O–H groups in total. The first-order valence-electron chi connectivity index (χ1n) is 5.84. The van der Waals surface area contributed by atoms with Crippen molar-refractivity contribution in [1.29, 1.82) is 0 Å². The molecule has 0 unspecified atom stereocenters. The van der Waals surface area contributed by atoms with E-state index in [1.807, 2.05) is 0 Å². The van der Waals surface area contributed by atoms with Crippen LogP contribution in [-0.4, -0.2) is 5.78 Å². The number of rotatable bonds is 4. The van der Waals surface area contributed by atoms with E-state index in [0.29, 0.717) is 15.8 Å². The van der Waals surface area contributed by atoms with Crippen LogP contribution in [-0.2, 0) is 6.61 Å². The Bertz CT molecular complexity index is 656. The van der Waals surface area contributed by atoms with Crippen molar-refractivity contribution in [2.75, 3.05) is 0 Å². The highest BCUT2D eigenvalue weighted by atomic mass is 79.9. The first-order chi connectivity index (χ1) is 9.47. The average Bonchev–Trinajstić information content (AvgIpc) is 2.40. The SMILES string of the molecule is CC(=O)c1ccc(Br)cc1OCc1ccc(F)c(Br)c1. The molecule has 2 aromatic rings. The highest BCUT2D eigenvalue weighted by molar-refractivity contribution is 9.10. The molecule has 0 heterocycles. The van der Waals surface area contributed by atoms with Gasteiger partial charge in [0.15, 0.2) is 5.78 Å². The summed E-state index contributed by atoms with van der Waals surface area (Å²) >= 11 is 6.47. The van der Waals surface area contributed by atoms with E-state index in [9.17, 15) is 9.18 Å². The topological polar surface area (TPSA) is 26.3 Å². The lowest BCUT2D eigenvalue weighted by molar-refractivity contribution is 0.101. The number of ether oxygens (including phenoxy) is 1. The van der Waals surface area contributed by atoms with Crippen molar-refractivity contribution in [1.82, 2.24) is 0 Å². The first-order valence-corrected chi connectivity index (χ1v) is 7.43. The zero-order chi connectivity index (χ0) is 14.7. The molecule has 0 saturated heterocycles. The van der Waals surface area contributed by atoms with Crippen LogP contribution in [0.25, 0.3) is 0 Å². The number of carbonyl (C=O) groups excluding carboxylic acids is 1. The molecule has 0 bridgehead atoms. The second-order valence-corrected chi connectivity index (χ2v) is 6.00. The second kappa shape index (κ2) is 6.50. The molecule has 0 aliphatic rings. The smallest absolute Gasteiger partial charge is 0.163 e. The number of carbonyl (C=O) groups is 1. The van der Waals surface area contributed by atoms with Crippen LogP contribution in [0.1, 0.15) is 22.8 Å². The lowest BCUT2D eigenvalue weighted by atomic mass is 10.1. The van der Waals surface area contributed by atoms with Gasteiger partial charge in [0, 0.05) is 4.47 Å². The van der Waals surface area contributed by atoms with E-state index in [1.54, 1.807) is 30.3 Å². The van der Waals surface area contributed by atoms with E-state index in [2.05, 4.69) is 31.9 Å². The average molecular weight is 402 g/mol. The standard InChI is InChI=1S/C15H11Br2FO2/c1-9(19)12-4-3-11(16)7-15(12)20-8-10-2-5-14(18)13(17)6-10/h2-7H,8H2,1H3. The maximum absolute atomic E-state index is 13.1. The lowest BCUT2D eigenvalue weighted by Gasteiger charge is -2.11. The van der Waals surface area contributed by atoms with E-state index in [-0.39, 0.29) is 18.2 Å². The van der Waals surface area contributed by atoms with Gasteiger partial charge in [-0.3, -0.25) is 4.79 Å². The van der Waals surface area contributed by atoms with Crippen molar-refractivity contribution in [3.05, 3.63) is 62.3 Å². The van der Waals surface area contributed by atoms with Gasteiger partial charge >= 0.3 is 0 Å². The monoisotopic (exact) mass is 400 g/mol. The van der Waals surface area contributed by atoms with Gasteiger partial charge in [-0.1, -0.05) is 22.0 Å². The van der Waals surface area contributed by atoms with Crippen LogP contribution >= 0.6 is 31.9 Å². The summed E-state index contributed by atoms with van der Waals surface area (Å²) in [6.07, 6.45) is 0. The molecule has 0 saturated carbocycles. The number of ketones is 1. The Labute approximate surface area is 133 Å². The maximum atomic E-state index is 13.1. The summed E-state index contributed by atoms with van der Waals surface area (Å²) in [7, 11) is 0. The molecule has 5 heteroatoms. The molecule has 20 heavy (non-hydrogen) atoms. The Kier molecular flexibility index (Phi) is 4.94. The summed E-state index contributed by atoms with van der Waals surface area (Å²) in [5, 5.41) is 0. The van der Waals surface area contributed by atoms with Crippen molar-refractivity contribution >= 4 is 37.6 Å². The van der Waals surface area contributed by atoms with E-state index >= 15 is 0 Å². The largest absolute Gasteiger partial charge is 0.488 e. The predicted molar refractivity (Wildman–Crippen MR) is 82.6 cm³/mol. The predicted octanol–water partition coefficient (Wildman–Crippen LogP) is 5.13. The molecule has 0 aliphatic heterocycles. The van der Waals surface area contributed by atoms with Crippen LogP contribution in [0.15, 0.2) is 45.3 Å². The van der Waals surface area contributed by atoms with Gasteiger partial charge < -0.3 is 4.74 Å². The van der Waals surface area contributed by atoms with Gasteiger partial charge in [-0.15, -0.1) is 0 Å². The fourth-order valence-electron chi connectivity index (χ4n) is 1.70. The molecule has 0 fully saturated rings. The van der Waals surface area contributed by atoms with Crippen molar-refractivity contribution < 1.29 is 13.9 Å². The first kappa shape index (κ1) is 15.2. The molecule has 0 aliphatic carbocycles. The Morgan fingerprint density at radius 1 is 1.20 bits per heavy atom. The van der Waals surface area contributed by atoms with Gasteiger partial charge in [0.25, 0.3) is 0 Å². The quantitative estimate of drug-likeness (QED) is 0.663. The third-order valence-corrected chi connectivity index (χ3v) is 3.80. The molecule has 104 valence electrons. The van der Waals surface area contributed by atoms with Gasteiger partial charge in [-0.05, 0) is 58.7 Å². The molecule has 0 amide bonds. The Hall–Kier alpha value is -1.20. The zero-order valence-corrected chi connectivity index (χ0v) is 13.8. The number of hydrogen-bond acceptors (Lipinski definition) is 2. The molecular formula is C15H11Br2FO2. The van der Waals surface area contributed by atoms with Crippen molar-refractivity contribution in [3.8, 4) is 5.75 Å². The third-order valence-electron chi connectivity index (χ3n) is 2.70. The highest BCUT2D eigenvalue weighted by Crippen LogP contribution is 2.25. The second-order valence-electron chi connectivity index (χ2n) is 4.23. The molecular weight excluding hydrogens is 391 g/mol. The maximum Gasteiger partial charge on any atom is 0.163 e. The number of hydrogen-bond donors (Lipinski definition) is 0. The van der Waals surface area contributed by atoms with Crippen LogP contribution in [0, 0.1) is 5.82 Å². The van der Waals surface area contributed by atoms with Crippen molar-refractivity contribution in [3.63, 3.8) is 0 Å². The molecule has 0 atom stereocenters. The summed E-state index contributed by atoms with van der Waals surface area (Å²) < 4.78 is 20.0. The number of benzene rings is 2. The van der Waals surface area contributed by atoms with E-state index < -0.39 is 0 Å². The van der Waals surface area contributed by atoms with Crippen LogP contribution in [0.4, 0.5) is 4.39 Å². The minimum Gasteiger partial charge on any atom is -0.488 e. The van der Waals surface area contributed by atoms with Crippen LogP contribution < -0.4 is 4.74 Å². The fourth-order valence-corrected chi connectivity index (χ4v) is 2.46. The summed E-state index contributed by atoms with van der Waals surface area (Å²) in [5.74, 6) is 0.126. The minimum atomic E-state index is -0.319. The van der Waals surface area contributed by atoms with Gasteiger partial charge in [-0.25, -0.2) is 4.39 Å². The molecule has 2 rings (SSSR count). The molecule has 0 spiro atoms. The minimum absolute atomic E-state index is 0.0622. The van der Waals surface area contributed by atoms with Crippen LogP contribution in [0.2, 0.25) is 0 Å². The Morgan fingerprint density at radius 3 is 2.60 bits per heavy atom. The highest BCUT2D eigenvalue weighted by Gasteiger charge is 2.09. The van der Waals surface area contributed by atoms with Crippen molar-refractivity contribution in [2.24, 2.45) is 0 Å². The number of Topliss-reactive ketones (excluding diaryl/α,β-unsaturated/α-hetero) is 1. The summed E-state index contributed by atoms with van der Waals surface area (Å²) in [6.45, 7) is 1.75. The van der Waals surface area contributed by atoms with Gasteiger partial charge in [0.2, 0.25) is 0 Å². The Morgan fingerprint density at radius 2 is 1.95 bits per heavy atom. The fraction of sp³-hybridized carbons (Fsp3) is 0.133. The summed E-state index contributed by atoms with van der Waals surface area (Å²) in [5.41, 5.74) is 1.34. The number of halogens is 3. The zero-order valence-electron chi connectivity index (χ0n) is 10.6. The van der Waals surface area contributed by atoms with E-state index in [0.717, 1.165) is 10.0 Å². The normalized spacial score (nSPS) is 10.4. The molecule has 2 aromatic carbocycles. The van der Waals surface area contributed by atoms with Gasteiger partial charge in [0.1, 0.15) is 18.2 Å². The Balaban J connectivity index is 2.20. The summed E-state index contributed by atoms with van der Waals surface area (Å²) in [4.78, 5) is 11.5.